The van der Waals surface area contributed by atoms with Crippen molar-refractivity contribution in [1.29, 1.82) is 0 Å². The van der Waals surface area contributed by atoms with Gasteiger partial charge in [0, 0.05) is 31.6 Å². The fourth-order valence-corrected chi connectivity index (χ4v) is 4.23. The predicted octanol–water partition coefficient (Wildman–Crippen LogP) is 2.40. The van der Waals surface area contributed by atoms with Crippen LogP contribution in [0.3, 0.4) is 0 Å². The Hall–Kier alpha value is -0.940. The van der Waals surface area contributed by atoms with Gasteiger partial charge in [0.25, 0.3) is 0 Å². The second kappa shape index (κ2) is 6.05. The van der Waals surface area contributed by atoms with Crippen molar-refractivity contribution in [3.63, 3.8) is 0 Å². The number of nitrogens with zero attached hydrogens (tertiary/aromatic N) is 4. The number of piperidine rings is 1. The molecule has 0 radical (unpaired) electrons. The summed E-state index contributed by atoms with van der Waals surface area (Å²) in [5.41, 5.74) is 0. The number of hydrogen-bond acceptors (Lipinski definition) is 5. The quantitative estimate of drug-likeness (QED) is 0.855. The third kappa shape index (κ3) is 2.99. The molecule has 3 aliphatic rings. The molecule has 5 heteroatoms. The minimum absolute atomic E-state index is 0.529. The molecule has 0 bridgehead atoms. The molecule has 1 aromatic rings. The van der Waals surface area contributed by atoms with Crippen LogP contribution in [0.1, 0.15) is 62.6 Å². The molecule has 4 rings (SSSR count). The van der Waals surface area contributed by atoms with Gasteiger partial charge in [-0.1, -0.05) is 24.4 Å². The van der Waals surface area contributed by atoms with E-state index in [-0.39, 0.29) is 0 Å². The summed E-state index contributed by atoms with van der Waals surface area (Å²) < 4.78 is 5.50. The molecule has 0 N–H and O–H groups in total. The van der Waals surface area contributed by atoms with Crippen LogP contribution in [0.15, 0.2) is 4.52 Å². The Morgan fingerprint density at radius 2 is 1.86 bits per heavy atom. The molecule has 21 heavy (non-hydrogen) atoms. The summed E-state index contributed by atoms with van der Waals surface area (Å²) in [5, 5.41) is 4.22. The van der Waals surface area contributed by atoms with E-state index in [0.29, 0.717) is 5.92 Å². The maximum absolute atomic E-state index is 5.50. The monoisotopic (exact) mass is 290 g/mol. The number of fused-ring (bicyclic) bond motifs is 1. The maximum Gasteiger partial charge on any atom is 0.229 e. The molecule has 3 heterocycles. The molecular formula is C16H26N4O. The Balaban J connectivity index is 1.35. The summed E-state index contributed by atoms with van der Waals surface area (Å²) >= 11 is 0. The first kappa shape index (κ1) is 13.7. The summed E-state index contributed by atoms with van der Waals surface area (Å²) in [6, 6.07) is 0.758. The lowest BCUT2D eigenvalue weighted by atomic mass is 9.99. The predicted molar refractivity (Wildman–Crippen MR) is 80.0 cm³/mol. The summed E-state index contributed by atoms with van der Waals surface area (Å²) in [7, 11) is 0. The molecule has 1 aliphatic carbocycles. The second-order valence-electron chi connectivity index (χ2n) is 6.95. The Kier molecular flexibility index (Phi) is 3.95. The molecule has 2 aliphatic heterocycles. The minimum Gasteiger partial charge on any atom is -0.339 e. The van der Waals surface area contributed by atoms with Crippen molar-refractivity contribution in [2.24, 2.45) is 0 Å². The van der Waals surface area contributed by atoms with Gasteiger partial charge in [0.15, 0.2) is 5.82 Å². The molecule has 0 amide bonds. The van der Waals surface area contributed by atoms with Gasteiger partial charge in [-0.2, -0.15) is 4.98 Å². The van der Waals surface area contributed by atoms with Gasteiger partial charge in [-0.15, -0.1) is 0 Å². The van der Waals surface area contributed by atoms with Crippen LogP contribution in [0, 0.1) is 0 Å². The van der Waals surface area contributed by atoms with Gasteiger partial charge in [-0.3, -0.25) is 9.80 Å². The van der Waals surface area contributed by atoms with Crippen LogP contribution < -0.4 is 0 Å². The average Bonchev–Trinajstić information content (AvgIpc) is 3.18. The highest BCUT2D eigenvalue weighted by Gasteiger charge is 2.30. The standard InChI is InChI=1S/C16H26N4O/c1-2-6-13(5-1)16-17-15(18-21-16)12-19-9-10-20-8-4-3-7-14(20)11-19/h13-14H,1-12H2/t14-/m0/s1. The average molecular weight is 290 g/mol. The van der Waals surface area contributed by atoms with Crippen molar-refractivity contribution in [3.05, 3.63) is 11.7 Å². The first-order valence-electron chi connectivity index (χ1n) is 8.67. The molecule has 5 nitrogen and oxygen atoms in total. The van der Waals surface area contributed by atoms with E-state index in [1.807, 2.05) is 0 Å². The number of piperazine rings is 1. The molecular weight excluding hydrogens is 264 g/mol. The van der Waals surface area contributed by atoms with E-state index in [1.165, 1.54) is 64.6 Å². The van der Waals surface area contributed by atoms with Crippen LogP contribution in [-0.2, 0) is 6.54 Å². The van der Waals surface area contributed by atoms with Crippen molar-refractivity contribution in [1.82, 2.24) is 19.9 Å². The molecule has 0 unspecified atom stereocenters. The molecule has 0 aromatic carbocycles. The fourth-order valence-electron chi connectivity index (χ4n) is 4.23. The third-order valence-electron chi connectivity index (χ3n) is 5.47. The van der Waals surface area contributed by atoms with E-state index < -0.39 is 0 Å². The van der Waals surface area contributed by atoms with Crippen molar-refractivity contribution >= 4 is 0 Å². The van der Waals surface area contributed by atoms with Crippen molar-refractivity contribution in [2.75, 3.05) is 26.2 Å². The van der Waals surface area contributed by atoms with Crippen LogP contribution in [0.4, 0.5) is 0 Å². The molecule has 1 saturated carbocycles. The Labute approximate surface area is 126 Å². The first-order valence-corrected chi connectivity index (χ1v) is 8.67. The lowest BCUT2D eigenvalue weighted by molar-refractivity contribution is 0.0441. The van der Waals surface area contributed by atoms with Gasteiger partial charge in [0.05, 0.1) is 6.54 Å². The third-order valence-corrected chi connectivity index (χ3v) is 5.47. The van der Waals surface area contributed by atoms with Gasteiger partial charge in [-0.25, -0.2) is 0 Å². The van der Waals surface area contributed by atoms with E-state index >= 15 is 0 Å². The SMILES string of the molecule is C1CCC(c2nc(CN3CCN4CCCC[C@H]4C3)no2)C1. The second-order valence-corrected chi connectivity index (χ2v) is 6.95. The zero-order valence-corrected chi connectivity index (χ0v) is 12.8. The van der Waals surface area contributed by atoms with Crippen molar-refractivity contribution in [2.45, 2.75) is 63.5 Å². The highest BCUT2D eigenvalue weighted by atomic mass is 16.5. The van der Waals surface area contributed by atoms with Gasteiger partial charge < -0.3 is 4.52 Å². The van der Waals surface area contributed by atoms with Crippen molar-refractivity contribution in [3.8, 4) is 0 Å². The van der Waals surface area contributed by atoms with Crippen LogP contribution in [-0.4, -0.2) is 52.2 Å². The normalized spacial score (nSPS) is 28.9. The van der Waals surface area contributed by atoms with Crippen LogP contribution in [0.5, 0.6) is 0 Å². The Morgan fingerprint density at radius 1 is 1.00 bits per heavy atom. The topological polar surface area (TPSA) is 45.4 Å². The van der Waals surface area contributed by atoms with Crippen LogP contribution in [0.2, 0.25) is 0 Å². The van der Waals surface area contributed by atoms with E-state index in [4.69, 9.17) is 4.52 Å². The Bertz CT molecular complexity index is 469. The highest BCUT2D eigenvalue weighted by Crippen LogP contribution is 2.33. The molecule has 3 fully saturated rings. The minimum atomic E-state index is 0.529. The molecule has 0 spiro atoms. The van der Waals surface area contributed by atoms with Crippen LogP contribution in [0.25, 0.3) is 0 Å². The molecule has 1 atom stereocenters. The number of aromatic nitrogens is 2. The summed E-state index contributed by atoms with van der Waals surface area (Å²) in [6.45, 7) is 5.68. The fraction of sp³-hybridized carbons (Fsp3) is 0.875. The maximum atomic E-state index is 5.50. The number of rotatable bonds is 3. The smallest absolute Gasteiger partial charge is 0.229 e. The summed E-state index contributed by atoms with van der Waals surface area (Å²) in [4.78, 5) is 9.83. The highest BCUT2D eigenvalue weighted by molar-refractivity contribution is 4.97. The van der Waals surface area contributed by atoms with Gasteiger partial charge in [0.1, 0.15) is 0 Å². The lowest BCUT2D eigenvalue weighted by Crippen LogP contribution is -2.54. The number of hydrogen-bond donors (Lipinski definition) is 0. The van der Waals surface area contributed by atoms with Gasteiger partial charge in [-0.05, 0) is 32.2 Å². The molecule has 2 saturated heterocycles. The van der Waals surface area contributed by atoms with Gasteiger partial charge in [0.2, 0.25) is 5.89 Å². The largest absolute Gasteiger partial charge is 0.339 e. The van der Waals surface area contributed by atoms with E-state index in [0.717, 1.165) is 30.8 Å². The Morgan fingerprint density at radius 3 is 2.76 bits per heavy atom. The summed E-state index contributed by atoms with van der Waals surface area (Å²) in [5.74, 6) is 2.31. The zero-order valence-electron chi connectivity index (χ0n) is 12.8. The van der Waals surface area contributed by atoms with Gasteiger partial charge >= 0.3 is 0 Å². The van der Waals surface area contributed by atoms with E-state index in [9.17, 15) is 0 Å². The van der Waals surface area contributed by atoms with Crippen LogP contribution >= 0.6 is 0 Å². The van der Waals surface area contributed by atoms with E-state index in [2.05, 4.69) is 19.9 Å². The summed E-state index contributed by atoms with van der Waals surface area (Å²) in [6.07, 6.45) is 9.20. The molecule has 1 aromatic heterocycles. The van der Waals surface area contributed by atoms with E-state index in [1.54, 1.807) is 0 Å². The molecule has 116 valence electrons. The first-order chi connectivity index (χ1) is 10.4. The van der Waals surface area contributed by atoms with Crippen molar-refractivity contribution < 1.29 is 4.52 Å². The lowest BCUT2D eigenvalue weighted by Gasteiger charge is -2.43. The zero-order chi connectivity index (χ0) is 14.1.